The topological polar surface area (TPSA) is 0 Å². The highest BCUT2D eigenvalue weighted by Crippen LogP contribution is 2.33. The highest BCUT2D eigenvalue weighted by Gasteiger charge is 2.16. The van der Waals surface area contributed by atoms with E-state index in [2.05, 4.69) is 39.8 Å². The molecule has 0 bridgehead atoms. The summed E-state index contributed by atoms with van der Waals surface area (Å²) in [7, 11) is 0. The van der Waals surface area contributed by atoms with Crippen molar-refractivity contribution in [3.8, 4) is 0 Å². The zero-order valence-corrected chi connectivity index (χ0v) is 8.86. The van der Waals surface area contributed by atoms with E-state index in [0.717, 1.165) is 6.42 Å². The zero-order chi connectivity index (χ0) is 9.59. The van der Waals surface area contributed by atoms with E-state index in [9.17, 15) is 0 Å². The molecule has 1 aromatic carbocycles. The summed E-state index contributed by atoms with van der Waals surface area (Å²) in [5, 5.41) is 0. The molecule has 0 aliphatic heterocycles. The van der Waals surface area contributed by atoms with Crippen molar-refractivity contribution in [2.24, 2.45) is 0 Å². The minimum absolute atomic E-state index is 1.13. The van der Waals surface area contributed by atoms with Crippen molar-refractivity contribution in [3.05, 3.63) is 40.0 Å². The Morgan fingerprint density at radius 2 is 1.69 bits per heavy atom. The number of aryl methyl sites for hydroxylation is 2. The first-order valence-electron chi connectivity index (χ1n) is 4.88. The summed E-state index contributed by atoms with van der Waals surface area (Å²) in [5.74, 6) is 0. The predicted octanol–water partition coefficient (Wildman–Crippen LogP) is 3.57. The monoisotopic (exact) mass is 172 g/mol. The Bertz CT molecular complexity index is 395. The summed E-state index contributed by atoms with van der Waals surface area (Å²) in [5.41, 5.74) is 8.85. The van der Waals surface area contributed by atoms with Crippen LogP contribution in [0.2, 0.25) is 0 Å². The molecule has 0 aromatic heterocycles. The molecule has 13 heavy (non-hydrogen) atoms. The Morgan fingerprint density at radius 1 is 1.00 bits per heavy atom. The Labute approximate surface area is 80.3 Å². The van der Waals surface area contributed by atoms with E-state index >= 15 is 0 Å². The third kappa shape index (κ3) is 1.13. The van der Waals surface area contributed by atoms with Crippen molar-refractivity contribution < 1.29 is 0 Å². The van der Waals surface area contributed by atoms with Gasteiger partial charge in [0, 0.05) is 0 Å². The normalized spacial score (nSPS) is 14.3. The average molecular weight is 172 g/mol. The smallest absolute Gasteiger partial charge is 0.00827 e. The molecule has 0 radical (unpaired) electrons. The number of rotatable bonds is 0. The van der Waals surface area contributed by atoms with Crippen LogP contribution in [-0.2, 0) is 6.42 Å². The van der Waals surface area contributed by atoms with Gasteiger partial charge in [-0.1, -0.05) is 12.1 Å². The Morgan fingerprint density at radius 3 is 2.38 bits per heavy atom. The van der Waals surface area contributed by atoms with Crippen molar-refractivity contribution in [2.45, 2.75) is 34.1 Å². The van der Waals surface area contributed by atoms with Gasteiger partial charge in [-0.25, -0.2) is 0 Å². The highest BCUT2D eigenvalue weighted by atomic mass is 14.2. The molecular formula is C13H16. The first-order chi connectivity index (χ1) is 6.11. The molecule has 2 rings (SSSR count). The third-order valence-corrected chi connectivity index (χ3v) is 3.18. The maximum atomic E-state index is 2.34. The van der Waals surface area contributed by atoms with E-state index < -0.39 is 0 Å². The first-order valence-corrected chi connectivity index (χ1v) is 4.88. The number of hydrogen-bond donors (Lipinski definition) is 0. The lowest BCUT2D eigenvalue weighted by Gasteiger charge is -2.12. The summed E-state index contributed by atoms with van der Waals surface area (Å²) in [6, 6.07) is 2.31. The predicted molar refractivity (Wildman–Crippen MR) is 58.0 cm³/mol. The van der Waals surface area contributed by atoms with E-state index in [1.165, 1.54) is 27.8 Å². The van der Waals surface area contributed by atoms with Gasteiger partial charge in [0.25, 0.3) is 0 Å². The van der Waals surface area contributed by atoms with Crippen molar-refractivity contribution >= 4 is 5.57 Å². The van der Waals surface area contributed by atoms with Crippen LogP contribution in [0.3, 0.4) is 0 Å². The fourth-order valence-corrected chi connectivity index (χ4v) is 2.29. The summed E-state index contributed by atoms with van der Waals surface area (Å²) >= 11 is 0. The summed E-state index contributed by atoms with van der Waals surface area (Å²) in [6.45, 7) is 8.87. The lowest BCUT2D eigenvalue weighted by Crippen LogP contribution is -1.95. The van der Waals surface area contributed by atoms with Crippen LogP contribution in [-0.4, -0.2) is 0 Å². The molecule has 0 heteroatoms. The van der Waals surface area contributed by atoms with Crippen molar-refractivity contribution in [1.82, 2.24) is 0 Å². The Kier molecular flexibility index (Phi) is 1.80. The summed E-state index contributed by atoms with van der Waals surface area (Å²) in [4.78, 5) is 0. The maximum absolute atomic E-state index is 2.34. The molecule has 0 spiro atoms. The molecule has 1 aliphatic rings. The van der Waals surface area contributed by atoms with Gasteiger partial charge in [0.2, 0.25) is 0 Å². The van der Waals surface area contributed by atoms with E-state index in [1.807, 2.05) is 0 Å². The fraction of sp³-hybridized carbons (Fsp3) is 0.385. The van der Waals surface area contributed by atoms with Crippen LogP contribution >= 0.6 is 0 Å². The molecular weight excluding hydrogens is 156 g/mol. The first kappa shape index (κ1) is 8.55. The molecule has 1 aromatic rings. The number of allylic oxidation sites excluding steroid dienone is 2. The quantitative estimate of drug-likeness (QED) is 0.561. The van der Waals surface area contributed by atoms with Gasteiger partial charge in [0.1, 0.15) is 0 Å². The molecule has 0 saturated heterocycles. The lowest BCUT2D eigenvalue weighted by atomic mass is 9.93. The van der Waals surface area contributed by atoms with Crippen LogP contribution in [0.4, 0.5) is 0 Å². The molecule has 0 nitrogen and oxygen atoms in total. The van der Waals surface area contributed by atoms with Crippen molar-refractivity contribution in [3.63, 3.8) is 0 Å². The Hall–Kier alpha value is -1.04. The van der Waals surface area contributed by atoms with Gasteiger partial charge >= 0.3 is 0 Å². The minimum Gasteiger partial charge on any atom is -0.0765 e. The molecule has 0 N–H and O–H groups in total. The van der Waals surface area contributed by atoms with Gasteiger partial charge in [-0.05, 0) is 67.5 Å². The number of benzene rings is 1. The van der Waals surface area contributed by atoms with E-state index in [4.69, 9.17) is 0 Å². The molecule has 0 fully saturated rings. The van der Waals surface area contributed by atoms with Crippen molar-refractivity contribution in [1.29, 1.82) is 0 Å². The SMILES string of the molecule is CC1=CCc2c(C)cc(C)c(C)c21. The third-order valence-electron chi connectivity index (χ3n) is 3.18. The van der Waals surface area contributed by atoms with Gasteiger partial charge in [-0.3, -0.25) is 0 Å². The second kappa shape index (κ2) is 2.73. The number of fused-ring (bicyclic) bond motifs is 1. The van der Waals surface area contributed by atoms with Crippen molar-refractivity contribution in [2.75, 3.05) is 0 Å². The minimum atomic E-state index is 1.13. The van der Waals surface area contributed by atoms with Gasteiger partial charge in [-0.15, -0.1) is 0 Å². The molecule has 0 unspecified atom stereocenters. The van der Waals surface area contributed by atoms with E-state index in [0.29, 0.717) is 0 Å². The fourth-order valence-electron chi connectivity index (χ4n) is 2.29. The molecule has 1 aliphatic carbocycles. The van der Waals surface area contributed by atoms with Crippen LogP contribution in [0.1, 0.15) is 34.7 Å². The van der Waals surface area contributed by atoms with E-state index in [-0.39, 0.29) is 0 Å². The highest BCUT2D eigenvalue weighted by molar-refractivity contribution is 5.76. The van der Waals surface area contributed by atoms with Gasteiger partial charge in [0.05, 0.1) is 0 Å². The average Bonchev–Trinajstić information content (AvgIpc) is 2.44. The van der Waals surface area contributed by atoms with Gasteiger partial charge in [0.15, 0.2) is 0 Å². The molecule has 68 valence electrons. The second-order valence-corrected chi connectivity index (χ2v) is 4.08. The zero-order valence-electron chi connectivity index (χ0n) is 8.86. The molecule has 0 heterocycles. The lowest BCUT2D eigenvalue weighted by molar-refractivity contribution is 1.19. The molecule has 0 saturated carbocycles. The maximum Gasteiger partial charge on any atom is -0.00827 e. The molecule has 0 atom stereocenters. The number of hydrogen-bond acceptors (Lipinski definition) is 0. The summed E-state index contributed by atoms with van der Waals surface area (Å²) in [6.07, 6.45) is 3.47. The molecule has 0 amide bonds. The van der Waals surface area contributed by atoms with Crippen LogP contribution in [0, 0.1) is 20.8 Å². The standard InChI is InChI=1S/C13H16/c1-8-5-6-12-10(3)7-9(2)11(4)13(8)12/h5,7H,6H2,1-4H3. The Balaban J connectivity index is 2.77. The van der Waals surface area contributed by atoms with Crippen LogP contribution in [0.5, 0.6) is 0 Å². The van der Waals surface area contributed by atoms with Crippen LogP contribution in [0.25, 0.3) is 5.57 Å². The van der Waals surface area contributed by atoms with Gasteiger partial charge in [-0.2, -0.15) is 0 Å². The van der Waals surface area contributed by atoms with E-state index in [1.54, 1.807) is 5.56 Å². The largest absolute Gasteiger partial charge is 0.0765 e. The van der Waals surface area contributed by atoms with Gasteiger partial charge < -0.3 is 0 Å². The second-order valence-electron chi connectivity index (χ2n) is 4.08. The van der Waals surface area contributed by atoms with Crippen LogP contribution < -0.4 is 0 Å². The van der Waals surface area contributed by atoms with Crippen LogP contribution in [0.15, 0.2) is 12.1 Å². The summed E-state index contributed by atoms with van der Waals surface area (Å²) < 4.78 is 0.